The molecule has 0 spiro atoms. The van der Waals surface area contributed by atoms with Crippen LogP contribution in [-0.4, -0.2) is 12.6 Å². The van der Waals surface area contributed by atoms with Crippen LogP contribution in [0.3, 0.4) is 0 Å². The molecule has 0 fully saturated rings. The van der Waals surface area contributed by atoms with Crippen LogP contribution in [0, 0.1) is 12.3 Å². The lowest BCUT2D eigenvalue weighted by molar-refractivity contribution is 0.241. The maximum Gasteiger partial charge on any atom is 0.315 e. The van der Waals surface area contributed by atoms with Crippen molar-refractivity contribution in [2.24, 2.45) is 0 Å². The summed E-state index contributed by atoms with van der Waals surface area (Å²) < 4.78 is 0. The molecule has 3 heteroatoms. The molecule has 3 nitrogen and oxygen atoms in total. The van der Waals surface area contributed by atoms with E-state index in [2.05, 4.69) is 16.6 Å². The molecule has 15 heavy (non-hydrogen) atoms. The number of nitrogens with one attached hydrogen (secondary N) is 2. The molecular formula is C12H14N2O. The molecule has 0 radical (unpaired) electrons. The first-order chi connectivity index (χ1) is 7.33. The minimum atomic E-state index is -0.186. The molecule has 1 aromatic carbocycles. The lowest BCUT2D eigenvalue weighted by Gasteiger charge is -2.05. The van der Waals surface area contributed by atoms with E-state index >= 15 is 0 Å². The SMILES string of the molecule is C#CCCNC(=O)NCc1ccccc1. The van der Waals surface area contributed by atoms with Gasteiger partial charge in [-0.3, -0.25) is 0 Å². The number of hydrogen-bond acceptors (Lipinski definition) is 1. The van der Waals surface area contributed by atoms with Gasteiger partial charge in [-0.05, 0) is 5.56 Å². The fourth-order valence-corrected chi connectivity index (χ4v) is 1.09. The molecule has 1 rings (SSSR count). The third kappa shape index (κ3) is 4.72. The highest BCUT2D eigenvalue weighted by Crippen LogP contribution is 1.96. The maximum atomic E-state index is 11.2. The number of rotatable bonds is 4. The van der Waals surface area contributed by atoms with Crippen LogP contribution in [0.4, 0.5) is 4.79 Å². The number of terminal acetylenes is 1. The van der Waals surface area contributed by atoms with Gasteiger partial charge < -0.3 is 10.6 Å². The van der Waals surface area contributed by atoms with E-state index in [0.29, 0.717) is 19.5 Å². The Balaban J connectivity index is 2.20. The number of carbonyl (C=O) groups excluding carboxylic acids is 1. The number of carbonyl (C=O) groups is 1. The molecule has 0 aromatic heterocycles. The Bertz CT molecular complexity index is 340. The predicted octanol–water partition coefficient (Wildman–Crippen LogP) is 1.51. The second kappa shape index (κ2) is 6.50. The molecule has 2 amide bonds. The minimum Gasteiger partial charge on any atom is -0.337 e. The van der Waals surface area contributed by atoms with Crippen LogP contribution in [0.5, 0.6) is 0 Å². The summed E-state index contributed by atoms with van der Waals surface area (Å²) in [6.07, 6.45) is 5.61. The zero-order chi connectivity index (χ0) is 10.9. The molecule has 0 aliphatic heterocycles. The first-order valence-electron chi connectivity index (χ1n) is 4.82. The van der Waals surface area contributed by atoms with Gasteiger partial charge in [0.25, 0.3) is 0 Å². The van der Waals surface area contributed by atoms with Crippen LogP contribution in [0.25, 0.3) is 0 Å². The third-order valence-corrected chi connectivity index (χ3v) is 1.85. The van der Waals surface area contributed by atoms with Gasteiger partial charge in [0.05, 0.1) is 0 Å². The zero-order valence-corrected chi connectivity index (χ0v) is 8.49. The Morgan fingerprint density at radius 2 is 2.00 bits per heavy atom. The van der Waals surface area contributed by atoms with Crippen LogP contribution in [-0.2, 0) is 6.54 Å². The van der Waals surface area contributed by atoms with Crippen molar-refractivity contribution in [3.05, 3.63) is 35.9 Å². The number of amides is 2. The van der Waals surface area contributed by atoms with E-state index in [1.807, 2.05) is 30.3 Å². The molecule has 0 aliphatic rings. The average Bonchev–Trinajstić information content (AvgIpc) is 2.28. The van der Waals surface area contributed by atoms with Gasteiger partial charge in [-0.25, -0.2) is 4.79 Å². The van der Waals surface area contributed by atoms with E-state index in [1.165, 1.54) is 0 Å². The standard InChI is InChI=1S/C12H14N2O/c1-2-3-9-13-12(15)14-10-11-7-5-4-6-8-11/h1,4-8H,3,9-10H2,(H2,13,14,15). The van der Waals surface area contributed by atoms with Gasteiger partial charge in [-0.1, -0.05) is 30.3 Å². The summed E-state index contributed by atoms with van der Waals surface area (Å²) in [5.74, 6) is 2.45. The predicted molar refractivity (Wildman–Crippen MR) is 60.1 cm³/mol. The van der Waals surface area contributed by atoms with Crippen molar-refractivity contribution in [2.45, 2.75) is 13.0 Å². The third-order valence-electron chi connectivity index (χ3n) is 1.85. The molecule has 0 aliphatic carbocycles. The monoisotopic (exact) mass is 202 g/mol. The average molecular weight is 202 g/mol. The Labute approximate surface area is 89.9 Å². The van der Waals surface area contributed by atoms with Gasteiger partial charge in [0.2, 0.25) is 0 Å². The first-order valence-corrected chi connectivity index (χ1v) is 4.82. The summed E-state index contributed by atoms with van der Waals surface area (Å²) in [6.45, 7) is 1.04. The molecule has 0 unspecified atom stereocenters. The largest absolute Gasteiger partial charge is 0.337 e. The minimum absolute atomic E-state index is 0.186. The highest BCUT2D eigenvalue weighted by Gasteiger charge is 1.97. The van der Waals surface area contributed by atoms with Crippen molar-refractivity contribution in [1.29, 1.82) is 0 Å². The van der Waals surface area contributed by atoms with Crippen molar-refractivity contribution in [1.82, 2.24) is 10.6 Å². The van der Waals surface area contributed by atoms with Crippen molar-refractivity contribution in [3.8, 4) is 12.3 Å². The lowest BCUT2D eigenvalue weighted by Crippen LogP contribution is -2.35. The van der Waals surface area contributed by atoms with Gasteiger partial charge in [0.15, 0.2) is 0 Å². The molecule has 78 valence electrons. The molecule has 0 bridgehead atoms. The normalized spacial score (nSPS) is 9.00. The Morgan fingerprint density at radius 3 is 2.67 bits per heavy atom. The van der Waals surface area contributed by atoms with E-state index in [-0.39, 0.29) is 6.03 Å². The fourth-order valence-electron chi connectivity index (χ4n) is 1.09. The Kier molecular flexibility index (Phi) is 4.82. The van der Waals surface area contributed by atoms with E-state index in [4.69, 9.17) is 6.42 Å². The van der Waals surface area contributed by atoms with Crippen molar-refractivity contribution in [3.63, 3.8) is 0 Å². The van der Waals surface area contributed by atoms with E-state index in [0.717, 1.165) is 5.56 Å². The molecule has 1 aromatic rings. The number of benzene rings is 1. The highest BCUT2D eigenvalue weighted by molar-refractivity contribution is 5.73. The van der Waals surface area contributed by atoms with E-state index < -0.39 is 0 Å². The van der Waals surface area contributed by atoms with Crippen LogP contribution < -0.4 is 10.6 Å². The van der Waals surface area contributed by atoms with E-state index in [9.17, 15) is 4.79 Å². The molecule has 0 saturated heterocycles. The van der Waals surface area contributed by atoms with Gasteiger partial charge in [-0.2, -0.15) is 0 Å². The van der Waals surface area contributed by atoms with Crippen molar-refractivity contribution < 1.29 is 4.79 Å². The fraction of sp³-hybridized carbons (Fsp3) is 0.250. The van der Waals surface area contributed by atoms with Gasteiger partial charge in [0, 0.05) is 19.5 Å². The Hall–Kier alpha value is -1.95. The summed E-state index contributed by atoms with van der Waals surface area (Å²) in [5.41, 5.74) is 1.07. The zero-order valence-electron chi connectivity index (χ0n) is 8.49. The molecular weight excluding hydrogens is 188 g/mol. The van der Waals surface area contributed by atoms with Crippen LogP contribution >= 0.6 is 0 Å². The van der Waals surface area contributed by atoms with Crippen molar-refractivity contribution in [2.75, 3.05) is 6.54 Å². The summed E-state index contributed by atoms with van der Waals surface area (Å²) in [4.78, 5) is 11.2. The second-order valence-electron chi connectivity index (χ2n) is 3.05. The van der Waals surface area contributed by atoms with Gasteiger partial charge in [0.1, 0.15) is 0 Å². The molecule has 0 saturated carbocycles. The van der Waals surface area contributed by atoms with Crippen molar-refractivity contribution >= 4 is 6.03 Å². The summed E-state index contributed by atoms with van der Waals surface area (Å²) in [5, 5.41) is 5.40. The quantitative estimate of drug-likeness (QED) is 0.564. The smallest absolute Gasteiger partial charge is 0.315 e. The second-order valence-corrected chi connectivity index (χ2v) is 3.05. The topological polar surface area (TPSA) is 41.1 Å². The Morgan fingerprint density at radius 1 is 1.27 bits per heavy atom. The maximum absolute atomic E-state index is 11.2. The number of urea groups is 1. The first kappa shape index (κ1) is 11.1. The van der Waals surface area contributed by atoms with Gasteiger partial charge >= 0.3 is 6.03 Å². The summed E-state index contributed by atoms with van der Waals surface area (Å²) >= 11 is 0. The molecule has 0 atom stereocenters. The van der Waals surface area contributed by atoms with Gasteiger partial charge in [-0.15, -0.1) is 12.3 Å². The van der Waals surface area contributed by atoms with E-state index in [1.54, 1.807) is 0 Å². The summed E-state index contributed by atoms with van der Waals surface area (Å²) in [6, 6.07) is 9.55. The van der Waals surface area contributed by atoms with Crippen LogP contribution in [0.15, 0.2) is 30.3 Å². The van der Waals surface area contributed by atoms with Crippen LogP contribution in [0.2, 0.25) is 0 Å². The molecule has 2 N–H and O–H groups in total. The lowest BCUT2D eigenvalue weighted by atomic mass is 10.2. The summed E-state index contributed by atoms with van der Waals surface area (Å²) in [7, 11) is 0. The molecule has 0 heterocycles. The van der Waals surface area contributed by atoms with Crippen LogP contribution in [0.1, 0.15) is 12.0 Å². The highest BCUT2D eigenvalue weighted by atomic mass is 16.2. The number of hydrogen-bond donors (Lipinski definition) is 2.